The standard InChI is InChI=1S/C19H19F3N4O2/c1-26-5-4-17(27)25-15-8-12(2-3-16(15)26)18(28)24-14-7-11(10-23)6-13(9-14)19(20,21)22/h2-3,6-9H,4-5,10,23H2,1H3,(H,24,28)(H,25,27). The largest absolute Gasteiger partial charge is 0.416 e. The zero-order chi connectivity index (χ0) is 20.5. The molecule has 6 nitrogen and oxygen atoms in total. The van der Waals surface area contributed by atoms with Crippen LogP contribution in [0.2, 0.25) is 0 Å². The van der Waals surface area contributed by atoms with Crippen LogP contribution in [0.1, 0.15) is 27.9 Å². The molecule has 3 rings (SSSR count). The molecule has 1 heterocycles. The van der Waals surface area contributed by atoms with Gasteiger partial charge < -0.3 is 21.3 Å². The molecule has 1 aliphatic heterocycles. The summed E-state index contributed by atoms with van der Waals surface area (Å²) in [6.07, 6.45) is -4.23. The normalized spacial score (nSPS) is 14.2. The summed E-state index contributed by atoms with van der Waals surface area (Å²) in [5, 5.41) is 5.20. The van der Waals surface area contributed by atoms with Gasteiger partial charge in [0.1, 0.15) is 0 Å². The van der Waals surface area contributed by atoms with Crippen LogP contribution in [0.4, 0.5) is 30.2 Å². The van der Waals surface area contributed by atoms with Crippen LogP contribution in [0.25, 0.3) is 0 Å². The molecule has 0 aromatic heterocycles. The van der Waals surface area contributed by atoms with E-state index >= 15 is 0 Å². The minimum atomic E-state index is -4.55. The number of fused-ring (bicyclic) bond motifs is 1. The number of amides is 2. The molecule has 0 bridgehead atoms. The van der Waals surface area contributed by atoms with Gasteiger partial charge in [0, 0.05) is 37.8 Å². The average Bonchev–Trinajstić information content (AvgIpc) is 2.78. The number of hydrogen-bond donors (Lipinski definition) is 3. The molecule has 0 spiro atoms. The van der Waals surface area contributed by atoms with E-state index in [1.54, 1.807) is 12.1 Å². The van der Waals surface area contributed by atoms with Gasteiger partial charge in [0.05, 0.1) is 16.9 Å². The summed E-state index contributed by atoms with van der Waals surface area (Å²) in [7, 11) is 1.83. The number of anilines is 3. The van der Waals surface area contributed by atoms with Gasteiger partial charge in [0.25, 0.3) is 5.91 Å². The Morgan fingerprint density at radius 2 is 2.00 bits per heavy atom. The first-order chi connectivity index (χ1) is 13.2. The van der Waals surface area contributed by atoms with Crippen molar-refractivity contribution in [2.75, 3.05) is 29.1 Å². The summed E-state index contributed by atoms with van der Waals surface area (Å²) in [5.41, 5.74) is 6.27. The molecule has 2 aromatic carbocycles. The number of carbonyl (C=O) groups excluding carboxylic acids is 2. The average molecular weight is 392 g/mol. The summed E-state index contributed by atoms with van der Waals surface area (Å²) in [4.78, 5) is 26.3. The van der Waals surface area contributed by atoms with Crippen LogP contribution in [-0.2, 0) is 17.5 Å². The highest BCUT2D eigenvalue weighted by molar-refractivity contribution is 6.06. The third-order valence-corrected chi connectivity index (χ3v) is 4.43. The second kappa shape index (κ2) is 7.51. The maximum atomic E-state index is 13.0. The fourth-order valence-corrected chi connectivity index (χ4v) is 2.96. The van der Waals surface area contributed by atoms with E-state index in [1.165, 1.54) is 12.1 Å². The van der Waals surface area contributed by atoms with Crippen molar-refractivity contribution >= 4 is 28.9 Å². The maximum absolute atomic E-state index is 13.0. The number of nitrogens with one attached hydrogen (secondary N) is 2. The van der Waals surface area contributed by atoms with Crippen LogP contribution in [0.15, 0.2) is 36.4 Å². The zero-order valence-electron chi connectivity index (χ0n) is 15.1. The lowest BCUT2D eigenvalue weighted by Crippen LogP contribution is -2.18. The predicted octanol–water partition coefficient (Wildman–Crippen LogP) is 3.19. The van der Waals surface area contributed by atoms with Crippen LogP contribution in [-0.4, -0.2) is 25.4 Å². The Kier molecular flexibility index (Phi) is 5.28. The fourth-order valence-electron chi connectivity index (χ4n) is 2.96. The minimum Gasteiger partial charge on any atom is -0.372 e. The molecule has 4 N–H and O–H groups in total. The van der Waals surface area contributed by atoms with Crippen LogP contribution in [0.5, 0.6) is 0 Å². The van der Waals surface area contributed by atoms with Crippen molar-refractivity contribution in [3.05, 3.63) is 53.1 Å². The van der Waals surface area contributed by atoms with E-state index in [4.69, 9.17) is 5.73 Å². The van der Waals surface area contributed by atoms with Crippen molar-refractivity contribution in [2.24, 2.45) is 5.73 Å². The summed E-state index contributed by atoms with van der Waals surface area (Å²) >= 11 is 0. The second-order valence-corrected chi connectivity index (χ2v) is 6.53. The van der Waals surface area contributed by atoms with Crippen molar-refractivity contribution in [1.29, 1.82) is 0 Å². The van der Waals surface area contributed by atoms with Gasteiger partial charge in [-0.05, 0) is 42.0 Å². The van der Waals surface area contributed by atoms with Crippen LogP contribution in [0.3, 0.4) is 0 Å². The molecule has 2 aromatic rings. The molecule has 0 atom stereocenters. The monoisotopic (exact) mass is 392 g/mol. The number of carbonyl (C=O) groups is 2. The Morgan fingerprint density at radius 3 is 2.68 bits per heavy atom. The fraction of sp³-hybridized carbons (Fsp3) is 0.263. The van der Waals surface area contributed by atoms with Crippen molar-refractivity contribution in [1.82, 2.24) is 0 Å². The van der Waals surface area contributed by atoms with Crippen molar-refractivity contribution in [3.8, 4) is 0 Å². The van der Waals surface area contributed by atoms with E-state index in [1.807, 2.05) is 11.9 Å². The minimum absolute atomic E-state index is 0.00336. The highest BCUT2D eigenvalue weighted by atomic mass is 19.4. The van der Waals surface area contributed by atoms with Crippen LogP contribution in [0, 0.1) is 0 Å². The molecule has 148 valence electrons. The van der Waals surface area contributed by atoms with E-state index in [2.05, 4.69) is 10.6 Å². The summed E-state index contributed by atoms with van der Waals surface area (Å²) in [5.74, 6) is -0.764. The molecule has 28 heavy (non-hydrogen) atoms. The molecule has 0 fully saturated rings. The molecule has 0 radical (unpaired) electrons. The number of nitrogens with two attached hydrogens (primary N) is 1. The number of hydrogen-bond acceptors (Lipinski definition) is 4. The predicted molar refractivity (Wildman–Crippen MR) is 100 cm³/mol. The lowest BCUT2D eigenvalue weighted by molar-refractivity contribution is -0.137. The van der Waals surface area contributed by atoms with Gasteiger partial charge in [-0.1, -0.05) is 0 Å². The van der Waals surface area contributed by atoms with Gasteiger partial charge >= 0.3 is 6.18 Å². The van der Waals surface area contributed by atoms with E-state index in [0.29, 0.717) is 18.7 Å². The first-order valence-electron chi connectivity index (χ1n) is 8.55. The Bertz CT molecular complexity index is 928. The number of halogens is 3. The molecule has 0 aliphatic carbocycles. The van der Waals surface area contributed by atoms with E-state index in [9.17, 15) is 22.8 Å². The van der Waals surface area contributed by atoms with Gasteiger partial charge in [0.15, 0.2) is 0 Å². The molecule has 9 heteroatoms. The van der Waals surface area contributed by atoms with Crippen LogP contribution < -0.4 is 21.3 Å². The highest BCUT2D eigenvalue weighted by Crippen LogP contribution is 2.33. The molecule has 2 amide bonds. The van der Waals surface area contributed by atoms with Gasteiger partial charge in [-0.2, -0.15) is 13.2 Å². The maximum Gasteiger partial charge on any atom is 0.416 e. The molecule has 0 saturated heterocycles. The molecular formula is C19H19F3N4O2. The number of rotatable bonds is 3. The quantitative estimate of drug-likeness (QED) is 0.749. The van der Waals surface area contributed by atoms with Gasteiger partial charge in [0.2, 0.25) is 5.91 Å². The summed E-state index contributed by atoms with van der Waals surface area (Å²) < 4.78 is 39.1. The third kappa shape index (κ3) is 4.25. The molecule has 0 unspecified atom stereocenters. The number of alkyl halides is 3. The lowest BCUT2D eigenvalue weighted by Gasteiger charge is -2.19. The number of benzene rings is 2. The number of nitrogens with zero attached hydrogens (tertiary/aromatic N) is 1. The Balaban J connectivity index is 1.89. The van der Waals surface area contributed by atoms with Crippen LogP contribution >= 0.6 is 0 Å². The van der Waals surface area contributed by atoms with E-state index in [0.717, 1.165) is 17.8 Å². The first kappa shape index (κ1) is 19.7. The first-order valence-corrected chi connectivity index (χ1v) is 8.55. The third-order valence-electron chi connectivity index (χ3n) is 4.43. The zero-order valence-corrected chi connectivity index (χ0v) is 15.1. The SMILES string of the molecule is CN1CCC(=O)Nc2cc(C(=O)Nc3cc(CN)cc(C(F)(F)F)c3)ccc21. The van der Waals surface area contributed by atoms with E-state index < -0.39 is 17.6 Å². The summed E-state index contributed by atoms with van der Waals surface area (Å²) in [6.45, 7) is 0.445. The lowest BCUT2D eigenvalue weighted by atomic mass is 10.1. The highest BCUT2D eigenvalue weighted by Gasteiger charge is 2.31. The molecular weight excluding hydrogens is 373 g/mol. The van der Waals surface area contributed by atoms with Crippen molar-refractivity contribution < 1.29 is 22.8 Å². The van der Waals surface area contributed by atoms with Gasteiger partial charge in [-0.25, -0.2) is 0 Å². The van der Waals surface area contributed by atoms with Crippen molar-refractivity contribution in [2.45, 2.75) is 19.1 Å². The van der Waals surface area contributed by atoms with E-state index in [-0.39, 0.29) is 29.3 Å². The second-order valence-electron chi connectivity index (χ2n) is 6.53. The van der Waals surface area contributed by atoms with Gasteiger partial charge in [-0.15, -0.1) is 0 Å². The topological polar surface area (TPSA) is 87.5 Å². The molecule has 0 saturated carbocycles. The summed E-state index contributed by atoms with van der Waals surface area (Å²) in [6, 6.07) is 7.94. The smallest absolute Gasteiger partial charge is 0.372 e. The molecule has 1 aliphatic rings. The Hall–Kier alpha value is -3.07. The van der Waals surface area contributed by atoms with Gasteiger partial charge in [-0.3, -0.25) is 9.59 Å². The Morgan fingerprint density at radius 1 is 1.25 bits per heavy atom. The van der Waals surface area contributed by atoms with Crippen molar-refractivity contribution in [3.63, 3.8) is 0 Å². The Labute approximate surface area is 159 Å².